The molecule has 2 N–H and O–H groups in total. The Morgan fingerprint density at radius 2 is 1.95 bits per heavy atom. The van der Waals surface area contributed by atoms with Crippen LogP contribution in [-0.2, 0) is 10.0 Å². The van der Waals surface area contributed by atoms with Crippen molar-refractivity contribution in [1.82, 2.24) is 10.2 Å². The minimum atomic E-state index is -3.46. The standard InChI is InChI=1S/C11H12N4O3S2/c1-7-13-14-11(19-7)12-10(16)8-5-3-4-6-9(8)15-20(2,17)18/h3-6,15H,1-2H3,(H,12,14,16). The Bertz CT molecular complexity index is 740. The first-order chi connectivity index (χ1) is 9.35. The molecule has 1 aromatic carbocycles. The average molecular weight is 312 g/mol. The Balaban J connectivity index is 2.25. The summed E-state index contributed by atoms with van der Waals surface area (Å²) in [7, 11) is -3.46. The molecule has 0 spiro atoms. The Labute approximate surface area is 120 Å². The van der Waals surface area contributed by atoms with Gasteiger partial charge in [-0.3, -0.25) is 14.8 Å². The minimum absolute atomic E-state index is 0.214. The first-order valence-corrected chi connectivity index (χ1v) is 8.24. The number of rotatable bonds is 4. The third kappa shape index (κ3) is 3.75. The molecule has 0 aliphatic rings. The molecule has 2 aromatic rings. The Morgan fingerprint density at radius 3 is 2.55 bits per heavy atom. The molecule has 1 aromatic heterocycles. The first kappa shape index (κ1) is 14.4. The molecule has 0 saturated heterocycles. The summed E-state index contributed by atoms with van der Waals surface area (Å²) in [5, 5.41) is 11.2. The lowest BCUT2D eigenvalue weighted by Crippen LogP contribution is -2.17. The van der Waals surface area contributed by atoms with Gasteiger partial charge in [-0.15, -0.1) is 10.2 Å². The van der Waals surface area contributed by atoms with Crippen LogP contribution >= 0.6 is 11.3 Å². The number of nitrogens with zero attached hydrogens (tertiary/aromatic N) is 2. The summed E-state index contributed by atoms with van der Waals surface area (Å²) >= 11 is 1.24. The van der Waals surface area contributed by atoms with Gasteiger partial charge in [0.05, 0.1) is 17.5 Å². The highest BCUT2D eigenvalue weighted by Gasteiger charge is 2.15. The Hall–Kier alpha value is -2.00. The van der Waals surface area contributed by atoms with Crippen LogP contribution in [0.3, 0.4) is 0 Å². The zero-order valence-corrected chi connectivity index (χ0v) is 12.4. The third-order valence-electron chi connectivity index (χ3n) is 2.21. The van der Waals surface area contributed by atoms with Crippen LogP contribution < -0.4 is 10.0 Å². The Morgan fingerprint density at radius 1 is 1.25 bits per heavy atom. The molecular formula is C11H12N4O3S2. The summed E-state index contributed by atoms with van der Waals surface area (Å²) in [4.78, 5) is 12.1. The van der Waals surface area contributed by atoms with Crippen molar-refractivity contribution in [2.75, 3.05) is 16.3 Å². The van der Waals surface area contributed by atoms with Crippen molar-refractivity contribution in [3.05, 3.63) is 34.8 Å². The second-order valence-corrected chi connectivity index (χ2v) is 6.93. The van der Waals surface area contributed by atoms with Crippen LogP contribution in [-0.4, -0.2) is 30.8 Å². The van der Waals surface area contributed by atoms with E-state index >= 15 is 0 Å². The van der Waals surface area contributed by atoms with E-state index in [-0.39, 0.29) is 11.3 Å². The number of hydrogen-bond donors (Lipinski definition) is 2. The number of nitrogens with one attached hydrogen (secondary N) is 2. The lowest BCUT2D eigenvalue weighted by atomic mass is 10.2. The van der Waals surface area contributed by atoms with Gasteiger partial charge < -0.3 is 0 Å². The monoisotopic (exact) mass is 312 g/mol. The predicted octanol–water partition coefficient (Wildman–Crippen LogP) is 1.47. The number of aryl methyl sites for hydroxylation is 1. The van der Waals surface area contributed by atoms with Gasteiger partial charge in [-0.25, -0.2) is 8.42 Å². The molecular weight excluding hydrogens is 300 g/mol. The number of anilines is 2. The molecule has 0 unspecified atom stereocenters. The summed E-state index contributed by atoms with van der Waals surface area (Å²) in [6.45, 7) is 1.77. The van der Waals surface area contributed by atoms with E-state index < -0.39 is 15.9 Å². The number of aromatic nitrogens is 2. The predicted molar refractivity (Wildman–Crippen MR) is 77.5 cm³/mol. The van der Waals surface area contributed by atoms with Gasteiger partial charge in [0.1, 0.15) is 5.01 Å². The van der Waals surface area contributed by atoms with Crippen LogP contribution in [0.1, 0.15) is 15.4 Å². The molecule has 0 atom stereocenters. The van der Waals surface area contributed by atoms with E-state index in [9.17, 15) is 13.2 Å². The molecule has 0 saturated carbocycles. The number of para-hydroxylation sites is 1. The van der Waals surface area contributed by atoms with Crippen molar-refractivity contribution in [3.8, 4) is 0 Å². The van der Waals surface area contributed by atoms with Crippen molar-refractivity contribution < 1.29 is 13.2 Å². The highest BCUT2D eigenvalue weighted by molar-refractivity contribution is 7.92. The van der Waals surface area contributed by atoms with E-state index in [0.717, 1.165) is 11.3 Å². The highest BCUT2D eigenvalue weighted by atomic mass is 32.2. The van der Waals surface area contributed by atoms with E-state index in [1.165, 1.54) is 23.5 Å². The van der Waals surface area contributed by atoms with Crippen LogP contribution in [0.4, 0.5) is 10.8 Å². The molecule has 0 aliphatic heterocycles. The quantitative estimate of drug-likeness (QED) is 0.890. The van der Waals surface area contributed by atoms with E-state index in [4.69, 9.17) is 0 Å². The zero-order valence-electron chi connectivity index (χ0n) is 10.7. The lowest BCUT2D eigenvalue weighted by Gasteiger charge is -2.09. The first-order valence-electron chi connectivity index (χ1n) is 5.53. The van der Waals surface area contributed by atoms with Crippen LogP contribution in [0.15, 0.2) is 24.3 Å². The van der Waals surface area contributed by atoms with Gasteiger partial charge >= 0.3 is 0 Å². The topological polar surface area (TPSA) is 101 Å². The van der Waals surface area contributed by atoms with E-state index in [0.29, 0.717) is 5.13 Å². The summed E-state index contributed by atoms with van der Waals surface area (Å²) in [5.41, 5.74) is 0.430. The molecule has 1 heterocycles. The number of hydrogen-bond acceptors (Lipinski definition) is 6. The number of carbonyl (C=O) groups is 1. The summed E-state index contributed by atoms with van der Waals surface area (Å²) in [5.74, 6) is -0.451. The van der Waals surface area contributed by atoms with E-state index in [2.05, 4.69) is 20.2 Å². The summed E-state index contributed by atoms with van der Waals surface area (Å²) in [6, 6.07) is 6.32. The maximum Gasteiger partial charge on any atom is 0.259 e. The SMILES string of the molecule is Cc1nnc(NC(=O)c2ccccc2NS(C)(=O)=O)s1. The molecule has 9 heteroatoms. The molecule has 0 radical (unpaired) electrons. The van der Waals surface area contributed by atoms with Gasteiger partial charge in [-0.1, -0.05) is 23.5 Å². The van der Waals surface area contributed by atoms with Gasteiger partial charge in [0.15, 0.2) is 0 Å². The van der Waals surface area contributed by atoms with Crippen LogP contribution in [0.2, 0.25) is 0 Å². The van der Waals surface area contributed by atoms with Crippen LogP contribution in [0, 0.1) is 6.92 Å². The average Bonchev–Trinajstić information content (AvgIpc) is 2.73. The highest BCUT2D eigenvalue weighted by Crippen LogP contribution is 2.19. The van der Waals surface area contributed by atoms with Crippen LogP contribution in [0.25, 0.3) is 0 Å². The van der Waals surface area contributed by atoms with Crippen LogP contribution in [0.5, 0.6) is 0 Å². The largest absolute Gasteiger partial charge is 0.296 e. The molecule has 0 fully saturated rings. The maximum atomic E-state index is 12.1. The normalized spacial score (nSPS) is 11.1. The van der Waals surface area contributed by atoms with Gasteiger partial charge in [-0.05, 0) is 19.1 Å². The molecule has 1 amide bonds. The van der Waals surface area contributed by atoms with E-state index in [1.54, 1.807) is 19.1 Å². The molecule has 20 heavy (non-hydrogen) atoms. The summed E-state index contributed by atoms with van der Waals surface area (Å²) in [6.07, 6.45) is 1.02. The lowest BCUT2D eigenvalue weighted by molar-refractivity contribution is 0.102. The number of sulfonamides is 1. The minimum Gasteiger partial charge on any atom is -0.296 e. The smallest absolute Gasteiger partial charge is 0.259 e. The second kappa shape index (κ2) is 5.55. The fourth-order valence-electron chi connectivity index (χ4n) is 1.48. The number of benzene rings is 1. The fraction of sp³-hybridized carbons (Fsp3) is 0.182. The van der Waals surface area contributed by atoms with Gasteiger partial charge in [-0.2, -0.15) is 0 Å². The van der Waals surface area contributed by atoms with E-state index in [1.807, 2.05) is 0 Å². The summed E-state index contributed by atoms with van der Waals surface area (Å²) < 4.78 is 24.8. The van der Waals surface area contributed by atoms with Crippen molar-refractivity contribution in [3.63, 3.8) is 0 Å². The third-order valence-corrected chi connectivity index (χ3v) is 3.56. The van der Waals surface area contributed by atoms with Crippen molar-refractivity contribution in [2.45, 2.75) is 6.92 Å². The molecule has 106 valence electrons. The Kier molecular flexibility index (Phi) is 4.00. The fourth-order valence-corrected chi connectivity index (χ4v) is 2.65. The van der Waals surface area contributed by atoms with Crippen molar-refractivity contribution in [2.24, 2.45) is 0 Å². The number of amides is 1. The number of carbonyl (C=O) groups excluding carboxylic acids is 1. The molecule has 7 nitrogen and oxygen atoms in total. The second-order valence-electron chi connectivity index (χ2n) is 4.00. The maximum absolute atomic E-state index is 12.1. The van der Waals surface area contributed by atoms with Gasteiger partial charge in [0.2, 0.25) is 15.2 Å². The van der Waals surface area contributed by atoms with Crippen molar-refractivity contribution in [1.29, 1.82) is 0 Å². The van der Waals surface area contributed by atoms with Gasteiger partial charge in [0.25, 0.3) is 5.91 Å². The molecule has 0 bridgehead atoms. The molecule has 0 aliphatic carbocycles. The zero-order chi connectivity index (χ0) is 14.8. The molecule has 2 rings (SSSR count). The van der Waals surface area contributed by atoms with Gasteiger partial charge in [0, 0.05) is 0 Å². The van der Waals surface area contributed by atoms with Crippen molar-refractivity contribution >= 4 is 38.1 Å².